The van der Waals surface area contributed by atoms with Crippen molar-refractivity contribution in [3.05, 3.63) is 124 Å². The molecule has 0 saturated carbocycles. The number of hydrogen-bond acceptors (Lipinski definition) is 4. The van der Waals surface area contributed by atoms with E-state index in [0.717, 1.165) is 61.2 Å². The summed E-state index contributed by atoms with van der Waals surface area (Å²) in [6, 6.07) is 27.3. The van der Waals surface area contributed by atoms with Crippen molar-refractivity contribution in [2.45, 2.75) is 46.4 Å². The second kappa shape index (κ2) is 11.1. The lowest BCUT2D eigenvalue weighted by atomic mass is 9.93. The molecule has 0 atom stereocenters. The van der Waals surface area contributed by atoms with Gasteiger partial charge in [-0.2, -0.15) is 0 Å². The van der Waals surface area contributed by atoms with Gasteiger partial charge >= 0.3 is 0 Å². The molecule has 0 amide bonds. The molecule has 4 aromatic carbocycles. The maximum absolute atomic E-state index is 12.7. The summed E-state index contributed by atoms with van der Waals surface area (Å²) in [5, 5.41) is 10.9. The topological polar surface area (TPSA) is 99.3 Å². The summed E-state index contributed by atoms with van der Waals surface area (Å²) in [4.78, 5) is 3.64. The fraction of sp³-hybridized carbons (Fsp3) is 0.162. The number of rotatable bonds is 5. The molecule has 4 N–H and O–H groups in total. The molecule has 0 saturated heterocycles. The highest BCUT2D eigenvalue weighted by Crippen LogP contribution is 2.42. The van der Waals surface area contributed by atoms with Crippen molar-refractivity contribution >= 4 is 38.1 Å². The Hall–Kier alpha value is -4.72. The van der Waals surface area contributed by atoms with Gasteiger partial charge in [-0.1, -0.05) is 41.5 Å². The highest BCUT2D eigenvalue weighted by molar-refractivity contribution is 7.89. The van der Waals surface area contributed by atoms with E-state index in [1.54, 1.807) is 18.2 Å². The first-order valence-electron chi connectivity index (χ1n) is 14.5. The molecule has 1 heterocycles. The molecule has 0 radical (unpaired) electrons. The molecule has 222 valence electrons. The van der Waals surface area contributed by atoms with E-state index in [-0.39, 0.29) is 4.90 Å². The average Bonchev–Trinajstić information content (AvgIpc) is 2.95. The van der Waals surface area contributed by atoms with Crippen molar-refractivity contribution in [3.8, 4) is 22.5 Å². The number of nitrogens with two attached hydrogens (primary N) is 1. The van der Waals surface area contributed by atoms with E-state index in [1.165, 1.54) is 11.1 Å². The van der Waals surface area contributed by atoms with Crippen LogP contribution < -0.4 is 20.8 Å². The van der Waals surface area contributed by atoms with Crippen LogP contribution in [0.3, 0.4) is 0 Å². The van der Waals surface area contributed by atoms with E-state index in [0.29, 0.717) is 16.9 Å². The van der Waals surface area contributed by atoms with Gasteiger partial charge in [0.2, 0.25) is 21.1 Å². The van der Waals surface area contributed by atoms with Crippen molar-refractivity contribution < 1.29 is 17.8 Å². The molecule has 1 aliphatic heterocycles. The Morgan fingerprint density at radius 3 is 2.00 bits per heavy atom. The minimum absolute atomic E-state index is 0.0648. The molecule has 4 aromatic rings. The molecule has 0 bridgehead atoms. The Labute approximate surface area is 258 Å². The maximum Gasteiger partial charge on any atom is 0.238 e. The number of primary sulfonamides is 1. The minimum atomic E-state index is -4.00. The largest absolute Gasteiger partial charge is 0.456 e. The molecular weight excluding hydrogens is 566 g/mol. The second-order valence-corrected chi connectivity index (χ2v) is 13.3. The molecule has 6 rings (SSSR count). The monoisotopic (exact) mass is 602 g/mol. The van der Waals surface area contributed by atoms with E-state index >= 15 is 0 Å². The lowest BCUT2D eigenvalue weighted by molar-refractivity contribution is -0.403. The van der Waals surface area contributed by atoms with Gasteiger partial charge in [-0.15, -0.1) is 0 Å². The Bertz CT molecular complexity index is 2200. The van der Waals surface area contributed by atoms with Crippen LogP contribution >= 0.6 is 0 Å². The van der Waals surface area contributed by atoms with Crippen LogP contribution in [-0.2, 0) is 10.0 Å². The van der Waals surface area contributed by atoms with Crippen LogP contribution in [0, 0.1) is 41.5 Å². The van der Waals surface area contributed by atoms with Crippen molar-refractivity contribution in [2.24, 2.45) is 5.14 Å². The minimum Gasteiger partial charge on any atom is -0.456 e. The summed E-state index contributed by atoms with van der Waals surface area (Å²) in [7, 11) is -4.00. The molecule has 7 heteroatoms. The van der Waals surface area contributed by atoms with Crippen LogP contribution in [0.25, 0.3) is 33.4 Å². The van der Waals surface area contributed by atoms with Gasteiger partial charge in [-0.05, 0) is 89.1 Å². The molecule has 0 aromatic heterocycles. The Kier molecular flexibility index (Phi) is 7.40. The summed E-state index contributed by atoms with van der Waals surface area (Å²) in [5.41, 5.74) is 12.7. The molecule has 6 nitrogen and oxygen atoms in total. The third-order valence-corrected chi connectivity index (χ3v) is 9.05. The van der Waals surface area contributed by atoms with Crippen molar-refractivity contribution in [2.75, 3.05) is 5.32 Å². The molecule has 1 aliphatic carbocycles. The van der Waals surface area contributed by atoms with Gasteiger partial charge in [0.25, 0.3) is 0 Å². The van der Waals surface area contributed by atoms with Crippen LogP contribution in [0.4, 0.5) is 17.1 Å². The number of hydrogen-bond donors (Lipinski definition) is 3. The molecule has 2 aliphatic rings. The van der Waals surface area contributed by atoms with E-state index in [9.17, 15) is 8.42 Å². The van der Waals surface area contributed by atoms with Crippen LogP contribution in [0.1, 0.15) is 33.4 Å². The van der Waals surface area contributed by atoms with Crippen LogP contribution in [-0.4, -0.2) is 8.42 Å². The third kappa shape index (κ3) is 5.52. The number of benzene rings is 5. The van der Waals surface area contributed by atoms with Gasteiger partial charge in [-0.25, -0.2) is 18.5 Å². The fourth-order valence-electron chi connectivity index (χ4n) is 6.30. The average molecular weight is 603 g/mol. The van der Waals surface area contributed by atoms with E-state index in [2.05, 4.69) is 76.1 Å². The van der Waals surface area contributed by atoms with Crippen molar-refractivity contribution in [3.63, 3.8) is 0 Å². The highest BCUT2D eigenvalue weighted by atomic mass is 32.2. The molecule has 44 heavy (non-hydrogen) atoms. The molecule has 0 spiro atoms. The number of nitrogens with one attached hydrogen (secondary N) is 2. The quantitative estimate of drug-likeness (QED) is 0.190. The SMILES string of the molecule is Cc1cc(C)c(Nc2ccc3c(-c4ccccc4S(N)(=O)=O)c4ccc(=[NH+]c5c(C)cc(C)cc5C)cc-4oc3c2)c(C)c1. The third-order valence-electron chi connectivity index (χ3n) is 8.08. The lowest BCUT2D eigenvalue weighted by Crippen LogP contribution is -2.71. The van der Waals surface area contributed by atoms with Gasteiger partial charge in [0.1, 0.15) is 11.3 Å². The van der Waals surface area contributed by atoms with Gasteiger partial charge in [0.05, 0.1) is 11.0 Å². The van der Waals surface area contributed by atoms with Gasteiger partial charge in [-0.3, -0.25) is 0 Å². The van der Waals surface area contributed by atoms with Crippen molar-refractivity contribution in [1.29, 1.82) is 0 Å². The van der Waals surface area contributed by atoms with E-state index in [4.69, 9.17) is 9.56 Å². The zero-order valence-electron chi connectivity index (χ0n) is 25.8. The van der Waals surface area contributed by atoms with Crippen LogP contribution in [0.2, 0.25) is 0 Å². The first-order valence-corrected chi connectivity index (χ1v) is 16.1. The Balaban J connectivity index is 1.62. The molecule has 0 fully saturated rings. The Morgan fingerprint density at radius 2 is 1.34 bits per heavy atom. The second-order valence-electron chi connectivity index (χ2n) is 11.7. The zero-order chi connectivity index (χ0) is 31.3. The number of anilines is 2. The van der Waals surface area contributed by atoms with E-state index in [1.807, 2.05) is 42.5 Å². The summed E-state index contributed by atoms with van der Waals surface area (Å²) in [6.45, 7) is 12.6. The standard InChI is InChI=1S/C37H35N3O3S/c1-21-15-23(3)36(24(4)16-21)39-27-11-13-29-32(19-27)43-33-20-28(40-37-25(5)17-22(2)18-26(37)6)12-14-30(33)35(29)31-9-7-8-10-34(31)44(38,41)42/h7-20,39H,1-6H3,(H2,38,41,42)/p+1. The first-order chi connectivity index (χ1) is 20.9. The summed E-state index contributed by atoms with van der Waals surface area (Å²) >= 11 is 0. The van der Waals surface area contributed by atoms with Gasteiger partial charge < -0.3 is 9.73 Å². The summed E-state index contributed by atoms with van der Waals surface area (Å²) in [6.07, 6.45) is 0. The molecule has 0 unspecified atom stereocenters. The smallest absolute Gasteiger partial charge is 0.238 e. The summed E-state index contributed by atoms with van der Waals surface area (Å²) < 4.78 is 32.0. The fourth-order valence-corrected chi connectivity index (χ4v) is 7.05. The normalized spacial score (nSPS) is 12.3. The van der Waals surface area contributed by atoms with E-state index < -0.39 is 10.0 Å². The van der Waals surface area contributed by atoms with Crippen LogP contribution in [0.5, 0.6) is 0 Å². The molecular formula is C37H36N3O3S+. The maximum atomic E-state index is 12.7. The predicted molar refractivity (Wildman–Crippen MR) is 178 cm³/mol. The number of fused-ring (bicyclic) bond motifs is 2. The van der Waals surface area contributed by atoms with Crippen LogP contribution in [0.15, 0.2) is 94.2 Å². The van der Waals surface area contributed by atoms with Gasteiger partial charge in [0.15, 0.2) is 0 Å². The zero-order valence-corrected chi connectivity index (χ0v) is 26.6. The number of aryl methyl sites for hydroxylation is 6. The van der Waals surface area contributed by atoms with Crippen molar-refractivity contribution in [1.82, 2.24) is 0 Å². The lowest BCUT2D eigenvalue weighted by Gasteiger charge is -2.18. The highest BCUT2D eigenvalue weighted by Gasteiger charge is 2.23. The number of sulfonamides is 1. The summed E-state index contributed by atoms with van der Waals surface area (Å²) in [5.74, 6) is 0.615. The predicted octanol–water partition coefficient (Wildman–Crippen LogP) is 6.76. The van der Waals surface area contributed by atoms with Gasteiger partial charge in [0, 0.05) is 56.7 Å². The Morgan fingerprint density at radius 1 is 0.705 bits per heavy atom. The first kappa shape index (κ1) is 29.4.